The zero-order chi connectivity index (χ0) is 20.0. The van der Waals surface area contributed by atoms with Gasteiger partial charge in [0, 0.05) is 11.8 Å². The minimum atomic E-state index is -0.510. The molecule has 146 valence electrons. The third-order valence-electron chi connectivity index (χ3n) is 5.77. The van der Waals surface area contributed by atoms with Crippen molar-refractivity contribution in [3.63, 3.8) is 0 Å². The molecule has 1 aromatic heterocycles. The van der Waals surface area contributed by atoms with E-state index in [2.05, 4.69) is 41.5 Å². The first kappa shape index (κ1) is 17.7. The molecule has 0 saturated heterocycles. The second kappa shape index (κ2) is 6.62. The Labute approximate surface area is 169 Å². The van der Waals surface area contributed by atoms with Crippen LogP contribution in [0.4, 0.5) is 5.82 Å². The number of rotatable bonds is 4. The van der Waals surface area contributed by atoms with Crippen molar-refractivity contribution in [2.24, 2.45) is 0 Å². The zero-order valence-electron chi connectivity index (χ0n) is 16.5. The predicted octanol–water partition coefficient (Wildman–Crippen LogP) is 4.76. The second-order valence-electron chi connectivity index (χ2n) is 7.86. The number of amides is 1. The Morgan fingerprint density at radius 3 is 2.59 bits per heavy atom. The molecule has 5 rings (SSSR count). The van der Waals surface area contributed by atoms with Crippen LogP contribution in [0.3, 0.4) is 0 Å². The number of benzene rings is 2. The van der Waals surface area contributed by atoms with Gasteiger partial charge in [-0.1, -0.05) is 35.9 Å². The summed E-state index contributed by atoms with van der Waals surface area (Å²) in [7, 11) is 0. The van der Waals surface area contributed by atoms with E-state index in [-0.39, 0.29) is 12.7 Å². The molecule has 2 heterocycles. The number of fused-ring (bicyclic) bond motifs is 1. The topological polar surface area (TPSA) is 60.5 Å². The molecular weight excluding hydrogens is 364 g/mol. The maximum absolute atomic E-state index is 13.1. The molecule has 3 aromatic rings. The fourth-order valence-corrected chi connectivity index (χ4v) is 3.88. The first-order valence-electron chi connectivity index (χ1n) is 9.80. The molecule has 1 aliphatic carbocycles. The lowest BCUT2D eigenvalue weighted by molar-refractivity contribution is -0.118. The molecule has 1 aliphatic heterocycles. The summed E-state index contributed by atoms with van der Waals surface area (Å²) in [5, 5.41) is 3.05. The van der Waals surface area contributed by atoms with Crippen molar-refractivity contribution in [2.45, 2.75) is 32.1 Å². The molecule has 0 unspecified atom stereocenters. The lowest BCUT2D eigenvalue weighted by Crippen LogP contribution is -2.28. The van der Waals surface area contributed by atoms with Crippen LogP contribution in [0.15, 0.2) is 54.7 Å². The molecule has 1 saturated carbocycles. The Morgan fingerprint density at radius 2 is 1.83 bits per heavy atom. The first-order chi connectivity index (χ1) is 14.0. The van der Waals surface area contributed by atoms with Crippen LogP contribution in [0.1, 0.15) is 29.5 Å². The molecule has 1 amide bonds. The summed E-state index contributed by atoms with van der Waals surface area (Å²) in [5.74, 6) is 2.03. The molecule has 1 fully saturated rings. The van der Waals surface area contributed by atoms with Gasteiger partial charge in [0.15, 0.2) is 11.5 Å². The van der Waals surface area contributed by atoms with Crippen LogP contribution in [0, 0.1) is 13.8 Å². The van der Waals surface area contributed by atoms with Crippen molar-refractivity contribution in [1.82, 2.24) is 4.98 Å². The van der Waals surface area contributed by atoms with Gasteiger partial charge >= 0.3 is 0 Å². The Balaban J connectivity index is 1.38. The monoisotopic (exact) mass is 386 g/mol. The van der Waals surface area contributed by atoms with Crippen LogP contribution in [0.25, 0.3) is 11.1 Å². The summed E-state index contributed by atoms with van der Waals surface area (Å²) in [6, 6.07) is 16.1. The fraction of sp³-hybridized carbons (Fsp3) is 0.250. The Hall–Kier alpha value is -3.34. The van der Waals surface area contributed by atoms with Gasteiger partial charge in [-0.2, -0.15) is 0 Å². The quantitative estimate of drug-likeness (QED) is 0.702. The molecule has 2 aromatic carbocycles. The van der Waals surface area contributed by atoms with Gasteiger partial charge in [0.1, 0.15) is 5.82 Å². The number of nitrogens with one attached hydrogen (secondary N) is 1. The van der Waals surface area contributed by atoms with Gasteiger partial charge in [0.05, 0.1) is 5.41 Å². The van der Waals surface area contributed by atoms with E-state index < -0.39 is 5.41 Å². The van der Waals surface area contributed by atoms with Gasteiger partial charge in [0.25, 0.3) is 0 Å². The molecule has 5 nitrogen and oxygen atoms in total. The summed E-state index contributed by atoms with van der Waals surface area (Å²) in [6.45, 7) is 4.28. The van der Waals surface area contributed by atoms with Crippen LogP contribution < -0.4 is 14.8 Å². The SMILES string of the molecule is Cc1cccc(-c2cnc(NC(=O)C3(c4ccc5c(c4)OCO5)CC3)c(C)c2)c1. The van der Waals surface area contributed by atoms with Crippen molar-refractivity contribution in [3.8, 4) is 22.6 Å². The van der Waals surface area contributed by atoms with E-state index in [9.17, 15) is 4.79 Å². The number of nitrogens with zero attached hydrogens (tertiary/aromatic N) is 1. The average Bonchev–Trinajstić information content (AvgIpc) is 3.40. The van der Waals surface area contributed by atoms with Crippen molar-refractivity contribution in [2.75, 3.05) is 12.1 Å². The van der Waals surface area contributed by atoms with E-state index in [1.54, 1.807) is 0 Å². The van der Waals surface area contributed by atoms with E-state index in [1.165, 1.54) is 5.56 Å². The van der Waals surface area contributed by atoms with Crippen LogP contribution in [0.2, 0.25) is 0 Å². The van der Waals surface area contributed by atoms with Crippen LogP contribution in [-0.2, 0) is 10.2 Å². The number of hydrogen-bond donors (Lipinski definition) is 1. The molecule has 0 radical (unpaired) electrons. The van der Waals surface area contributed by atoms with Gasteiger partial charge < -0.3 is 14.8 Å². The maximum Gasteiger partial charge on any atom is 0.236 e. The number of anilines is 1. The first-order valence-corrected chi connectivity index (χ1v) is 9.80. The largest absolute Gasteiger partial charge is 0.454 e. The standard InChI is InChI=1S/C24H22N2O3/c1-15-4-3-5-17(10-15)18-11-16(2)22(25-13-18)26-23(27)24(8-9-24)19-6-7-20-21(12-19)29-14-28-20/h3-7,10-13H,8-9,14H2,1-2H3,(H,25,26,27). The van der Waals surface area contributed by atoms with Crippen molar-refractivity contribution >= 4 is 11.7 Å². The van der Waals surface area contributed by atoms with Crippen LogP contribution in [0.5, 0.6) is 11.5 Å². The van der Waals surface area contributed by atoms with Gasteiger partial charge in [0.2, 0.25) is 12.7 Å². The van der Waals surface area contributed by atoms with E-state index in [1.807, 2.05) is 37.4 Å². The molecule has 2 aliphatic rings. The van der Waals surface area contributed by atoms with Crippen LogP contribution >= 0.6 is 0 Å². The molecule has 29 heavy (non-hydrogen) atoms. The van der Waals surface area contributed by atoms with Crippen molar-refractivity contribution in [3.05, 3.63) is 71.4 Å². The summed E-state index contributed by atoms with van der Waals surface area (Å²) >= 11 is 0. The van der Waals surface area contributed by atoms with Gasteiger partial charge in [-0.05, 0) is 61.6 Å². The van der Waals surface area contributed by atoms with Gasteiger partial charge in [-0.25, -0.2) is 4.98 Å². The average molecular weight is 386 g/mol. The highest BCUT2D eigenvalue weighted by molar-refractivity contribution is 6.01. The number of ether oxygens (including phenoxy) is 2. The minimum absolute atomic E-state index is 0.0183. The molecule has 5 heteroatoms. The molecular formula is C24H22N2O3. The summed E-state index contributed by atoms with van der Waals surface area (Å²) < 4.78 is 10.9. The number of aromatic nitrogens is 1. The number of carbonyl (C=O) groups excluding carboxylic acids is 1. The highest BCUT2D eigenvalue weighted by atomic mass is 16.7. The van der Waals surface area contributed by atoms with Crippen LogP contribution in [-0.4, -0.2) is 17.7 Å². The summed E-state index contributed by atoms with van der Waals surface area (Å²) in [4.78, 5) is 17.7. The Bertz CT molecular complexity index is 1120. The fourth-order valence-electron chi connectivity index (χ4n) is 3.88. The van der Waals surface area contributed by atoms with E-state index in [0.717, 1.165) is 40.8 Å². The normalized spacial score (nSPS) is 15.8. The lowest BCUT2D eigenvalue weighted by Gasteiger charge is -2.17. The molecule has 0 bridgehead atoms. The number of aryl methyl sites for hydroxylation is 2. The number of pyridine rings is 1. The lowest BCUT2D eigenvalue weighted by atomic mass is 9.94. The highest BCUT2D eigenvalue weighted by Gasteiger charge is 2.51. The van der Waals surface area contributed by atoms with Crippen molar-refractivity contribution in [1.29, 1.82) is 0 Å². The highest BCUT2D eigenvalue weighted by Crippen LogP contribution is 2.51. The van der Waals surface area contributed by atoms with Gasteiger partial charge in [-0.15, -0.1) is 0 Å². The smallest absolute Gasteiger partial charge is 0.236 e. The Morgan fingerprint density at radius 1 is 1.00 bits per heavy atom. The molecule has 1 N–H and O–H groups in total. The number of carbonyl (C=O) groups is 1. The van der Waals surface area contributed by atoms with Crippen molar-refractivity contribution < 1.29 is 14.3 Å². The Kier molecular flexibility index (Phi) is 4.05. The third kappa shape index (κ3) is 3.12. The third-order valence-corrected chi connectivity index (χ3v) is 5.77. The predicted molar refractivity (Wildman–Crippen MR) is 111 cm³/mol. The molecule has 0 spiro atoms. The van der Waals surface area contributed by atoms with E-state index >= 15 is 0 Å². The zero-order valence-corrected chi connectivity index (χ0v) is 16.5. The van der Waals surface area contributed by atoms with E-state index in [0.29, 0.717) is 11.6 Å². The maximum atomic E-state index is 13.1. The second-order valence-corrected chi connectivity index (χ2v) is 7.86. The summed E-state index contributed by atoms with van der Waals surface area (Å²) in [5.41, 5.74) is 4.77. The minimum Gasteiger partial charge on any atom is -0.454 e. The molecule has 0 atom stereocenters. The summed E-state index contributed by atoms with van der Waals surface area (Å²) in [6.07, 6.45) is 3.45. The number of hydrogen-bond acceptors (Lipinski definition) is 4. The van der Waals surface area contributed by atoms with Gasteiger partial charge in [-0.3, -0.25) is 4.79 Å². The van der Waals surface area contributed by atoms with E-state index in [4.69, 9.17) is 9.47 Å².